The Bertz CT molecular complexity index is 526. The molecule has 1 aromatic heterocycles. The van der Waals surface area contributed by atoms with Gasteiger partial charge in [0.2, 0.25) is 5.91 Å². The van der Waals surface area contributed by atoms with Crippen LogP contribution in [-0.2, 0) is 9.53 Å². The molecule has 1 N–H and O–H groups in total. The Kier molecular flexibility index (Phi) is 3.78. The van der Waals surface area contributed by atoms with Crippen molar-refractivity contribution in [3.63, 3.8) is 0 Å². The number of rotatable bonds is 3. The zero-order valence-corrected chi connectivity index (χ0v) is 13.0. The number of anilines is 1. The van der Waals surface area contributed by atoms with Gasteiger partial charge in [-0.25, -0.2) is 0 Å². The quantitative estimate of drug-likeness (QED) is 0.916. The molecule has 4 rings (SSSR count). The van der Waals surface area contributed by atoms with Crippen molar-refractivity contribution in [3.05, 3.63) is 11.8 Å². The average Bonchev–Trinajstić information content (AvgIpc) is 3.32. The summed E-state index contributed by atoms with van der Waals surface area (Å²) in [7, 11) is 0. The summed E-state index contributed by atoms with van der Waals surface area (Å²) >= 11 is 0. The van der Waals surface area contributed by atoms with Crippen LogP contribution in [0.2, 0.25) is 0 Å². The molecule has 6 heteroatoms. The fourth-order valence-corrected chi connectivity index (χ4v) is 3.44. The molecule has 120 valence electrons. The summed E-state index contributed by atoms with van der Waals surface area (Å²) in [4.78, 5) is 16.8. The van der Waals surface area contributed by atoms with Gasteiger partial charge < -0.3 is 14.5 Å². The summed E-state index contributed by atoms with van der Waals surface area (Å²) in [6, 6.07) is 2.18. The number of amides is 1. The van der Waals surface area contributed by atoms with Gasteiger partial charge in [0, 0.05) is 50.5 Å². The van der Waals surface area contributed by atoms with Crippen LogP contribution in [0.15, 0.2) is 6.07 Å². The van der Waals surface area contributed by atoms with Gasteiger partial charge in [0.25, 0.3) is 0 Å². The van der Waals surface area contributed by atoms with E-state index in [1.165, 1.54) is 18.5 Å². The molecule has 0 bridgehead atoms. The lowest BCUT2D eigenvalue weighted by Crippen LogP contribution is -2.51. The van der Waals surface area contributed by atoms with E-state index in [4.69, 9.17) is 4.74 Å². The van der Waals surface area contributed by atoms with Crippen molar-refractivity contribution in [2.24, 2.45) is 5.92 Å². The topological polar surface area (TPSA) is 61.5 Å². The third-order valence-corrected chi connectivity index (χ3v) is 5.03. The van der Waals surface area contributed by atoms with Crippen LogP contribution in [0.3, 0.4) is 0 Å². The molecule has 0 aromatic carbocycles. The zero-order chi connectivity index (χ0) is 14.9. The molecule has 1 atom stereocenters. The van der Waals surface area contributed by atoms with Gasteiger partial charge in [0.05, 0.1) is 12.5 Å². The predicted molar refractivity (Wildman–Crippen MR) is 82.9 cm³/mol. The van der Waals surface area contributed by atoms with E-state index in [1.54, 1.807) is 0 Å². The number of nitrogens with one attached hydrogen (secondary N) is 1. The van der Waals surface area contributed by atoms with Gasteiger partial charge in [-0.15, -0.1) is 0 Å². The van der Waals surface area contributed by atoms with Gasteiger partial charge in [-0.3, -0.25) is 9.89 Å². The van der Waals surface area contributed by atoms with E-state index in [-0.39, 0.29) is 11.8 Å². The lowest BCUT2D eigenvalue weighted by Gasteiger charge is -2.37. The maximum Gasteiger partial charge on any atom is 0.228 e. The molecule has 0 spiro atoms. The van der Waals surface area contributed by atoms with Crippen molar-refractivity contribution in [3.8, 4) is 0 Å². The first-order chi connectivity index (χ1) is 10.8. The predicted octanol–water partition coefficient (Wildman–Crippen LogP) is 1.36. The molecule has 2 saturated heterocycles. The van der Waals surface area contributed by atoms with Crippen molar-refractivity contribution in [2.75, 3.05) is 44.3 Å². The van der Waals surface area contributed by atoms with Crippen LogP contribution in [0.5, 0.6) is 0 Å². The lowest BCUT2D eigenvalue weighted by atomic mass is 10.0. The van der Waals surface area contributed by atoms with Crippen LogP contribution >= 0.6 is 0 Å². The second-order valence-electron chi connectivity index (χ2n) is 6.68. The van der Waals surface area contributed by atoms with E-state index in [0.717, 1.165) is 51.4 Å². The SMILES string of the molecule is O=C(C1CCCOC1)N1CCN(c2cc(C3CC3)[nH]n2)CC1. The third kappa shape index (κ3) is 2.84. The van der Waals surface area contributed by atoms with E-state index in [2.05, 4.69) is 21.2 Å². The standard InChI is InChI=1S/C16H24N4O2/c21-16(13-2-1-9-22-11-13)20-7-5-19(6-8-20)15-10-14(17-18-15)12-3-4-12/h10,12-13H,1-9,11H2,(H,17,18). The smallest absolute Gasteiger partial charge is 0.228 e. The van der Waals surface area contributed by atoms with Crippen LogP contribution in [0.25, 0.3) is 0 Å². The minimum atomic E-state index is 0.0761. The number of aromatic amines is 1. The monoisotopic (exact) mass is 304 g/mol. The first-order valence-corrected chi connectivity index (χ1v) is 8.48. The molecule has 1 saturated carbocycles. The molecule has 1 aromatic rings. The fourth-order valence-electron chi connectivity index (χ4n) is 3.44. The molecule has 3 heterocycles. The first kappa shape index (κ1) is 14.1. The number of carbonyl (C=O) groups is 1. The molecule has 2 aliphatic heterocycles. The van der Waals surface area contributed by atoms with Gasteiger partial charge in [0.15, 0.2) is 5.82 Å². The lowest BCUT2D eigenvalue weighted by molar-refractivity contribution is -0.140. The van der Waals surface area contributed by atoms with E-state index < -0.39 is 0 Å². The summed E-state index contributed by atoms with van der Waals surface area (Å²) in [5.41, 5.74) is 1.27. The molecular weight excluding hydrogens is 280 g/mol. The maximum absolute atomic E-state index is 12.5. The molecule has 6 nitrogen and oxygen atoms in total. The average molecular weight is 304 g/mol. The highest BCUT2D eigenvalue weighted by molar-refractivity contribution is 5.79. The van der Waals surface area contributed by atoms with Gasteiger partial charge in [-0.1, -0.05) is 0 Å². The largest absolute Gasteiger partial charge is 0.381 e. The summed E-state index contributed by atoms with van der Waals surface area (Å²) in [6.07, 6.45) is 4.55. The molecule has 1 aliphatic carbocycles. The van der Waals surface area contributed by atoms with Gasteiger partial charge >= 0.3 is 0 Å². The Morgan fingerprint density at radius 2 is 2.05 bits per heavy atom. The van der Waals surface area contributed by atoms with Gasteiger partial charge in [-0.2, -0.15) is 5.10 Å². The van der Waals surface area contributed by atoms with Gasteiger partial charge in [0.1, 0.15) is 0 Å². The number of piperazine rings is 1. The highest BCUT2D eigenvalue weighted by atomic mass is 16.5. The van der Waals surface area contributed by atoms with E-state index >= 15 is 0 Å². The van der Waals surface area contributed by atoms with Crippen molar-refractivity contribution < 1.29 is 9.53 Å². The molecule has 1 unspecified atom stereocenters. The van der Waals surface area contributed by atoms with Crippen molar-refractivity contribution in [2.45, 2.75) is 31.6 Å². The number of hydrogen-bond acceptors (Lipinski definition) is 4. The number of carbonyl (C=O) groups excluding carboxylic acids is 1. The second-order valence-corrected chi connectivity index (χ2v) is 6.68. The fraction of sp³-hybridized carbons (Fsp3) is 0.750. The molecular formula is C16H24N4O2. The molecule has 3 fully saturated rings. The number of H-pyrrole nitrogens is 1. The van der Waals surface area contributed by atoms with E-state index in [0.29, 0.717) is 12.5 Å². The Hall–Kier alpha value is -1.56. The third-order valence-electron chi connectivity index (χ3n) is 5.03. The minimum absolute atomic E-state index is 0.0761. The Balaban J connectivity index is 1.32. The number of aromatic nitrogens is 2. The summed E-state index contributed by atoms with van der Waals surface area (Å²) in [6.45, 7) is 4.73. The van der Waals surface area contributed by atoms with Crippen LogP contribution in [-0.4, -0.2) is 60.4 Å². The summed E-state index contributed by atoms with van der Waals surface area (Å²) in [5.74, 6) is 2.10. The van der Waals surface area contributed by atoms with Crippen LogP contribution in [0, 0.1) is 5.92 Å². The highest BCUT2D eigenvalue weighted by Crippen LogP contribution is 2.39. The number of ether oxygens (including phenoxy) is 1. The molecule has 1 amide bonds. The summed E-state index contributed by atoms with van der Waals surface area (Å²) in [5, 5.41) is 7.60. The van der Waals surface area contributed by atoms with Crippen LogP contribution < -0.4 is 4.90 Å². The first-order valence-electron chi connectivity index (χ1n) is 8.48. The Morgan fingerprint density at radius 3 is 2.73 bits per heavy atom. The van der Waals surface area contributed by atoms with E-state index in [1.807, 2.05) is 4.90 Å². The van der Waals surface area contributed by atoms with Crippen molar-refractivity contribution in [1.29, 1.82) is 0 Å². The van der Waals surface area contributed by atoms with E-state index in [9.17, 15) is 4.79 Å². The zero-order valence-electron chi connectivity index (χ0n) is 13.0. The Labute approximate surface area is 130 Å². The van der Waals surface area contributed by atoms with Crippen molar-refractivity contribution >= 4 is 11.7 Å². The number of hydrogen-bond donors (Lipinski definition) is 1. The second kappa shape index (κ2) is 5.91. The van der Waals surface area contributed by atoms with Crippen LogP contribution in [0.4, 0.5) is 5.82 Å². The van der Waals surface area contributed by atoms with Crippen LogP contribution in [0.1, 0.15) is 37.3 Å². The highest BCUT2D eigenvalue weighted by Gasteiger charge is 2.30. The molecule has 3 aliphatic rings. The normalized spacial score (nSPS) is 26.3. The van der Waals surface area contributed by atoms with Gasteiger partial charge in [-0.05, 0) is 25.7 Å². The molecule has 0 radical (unpaired) electrons. The number of nitrogens with zero attached hydrogens (tertiary/aromatic N) is 3. The Morgan fingerprint density at radius 1 is 1.23 bits per heavy atom. The molecule has 22 heavy (non-hydrogen) atoms. The minimum Gasteiger partial charge on any atom is -0.381 e. The summed E-state index contributed by atoms with van der Waals surface area (Å²) < 4.78 is 5.44. The van der Waals surface area contributed by atoms with Crippen molar-refractivity contribution in [1.82, 2.24) is 15.1 Å². The maximum atomic E-state index is 12.5.